The molecular weight excluding hydrogens is 258 g/mol. The van der Waals surface area contributed by atoms with Gasteiger partial charge < -0.3 is 16.0 Å². The number of amides is 2. The van der Waals surface area contributed by atoms with E-state index in [1.54, 1.807) is 0 Å². The first-order chi connectivity index (χ1) is 9.08. The number of rotatable bonds is 2. The smallest absolute Gasteiger partial charge is 0.322 e. The van der Waals surface area contributed by atoms with Crippen LogP contribution in [0.25, 0.3) is 0 Å². The molecule has 19 heavy (non-hydrogen) atoms. The van der Waals surface area contributed by atoms with Crippen molar-refractivity contribution in [1.29, 1.82) is 0 Å². The topological polar surface area (TPSA) is 58.4 Å². The van der Waals surface area contributed by atoms with Gasteiger partial charge in [-0.25, -0.2) is 4.79 Å². The Hall–Kier alpha value is -1.20. The number of benzene rings is 1. The number of thioether (sulfide) groups is 1. The summed E-state index contributed by atoms with van der Waals surface area (Å²) in [6.07, 6.45) is 0. The fraction of sp³-hybridized carbons (Fsp3) is 0.500. The molecule has 2 rings (SSSR count). The SMILES string of the molecule is CC(N)c1cccc(NC(=O)N2CCSCC2C)c1. The first-order valence-electron chi connectivity index (χ1n) is 6.59. The number of nitrogens with one attached hydrogen (secondary N) is 1. The lowest BCUT2D eigenvalue weighted by Gasteiger charge is -2.33. The van der Waals surface area contributed by atoms with Gasteiger partial charge in [0.05, 0.1) is 0 Å². The number of urea groups is 1. The van der Waals surface area contributed by atoms with E-state index in [4.69, 9.17) is 5.73 Å². The minimum Gasteiger partial charge on any atom is -0.324 e. The van der Waals surface area contributed by atoms with Crippen LogP contribution in [0.5, 0.6) is 0 Å². The third-order valence-electron chi connectivity index (χ3n) is 3.29. The van der Waals surface area contributed by atoms with Crippen LogP contribution in [-0.2, 0) is 0 Å². The first kappa shape index (κ1) is 14.2. The van der Waals surface area contributed by atoms with Crippen LogP contribution in [0.1, 0.15) is 25.5 Å². The lowest BCUT2D eigenvalue weighted by Crippen LogP contribution is -2.46. The zero-order valence-electron chi connectivity index (χ0n) is 11.4. The summed E-state index contributed by atoms with van der Waals surface area (Å²) in [7, 11) is 0. The number of hydrogen-bond acceptors (Lipinski definition) is 3. The molecule has 0 radical (unpaired) electrons. The van der Waals surface area contributed by atoms with E-state index in [0.717, 1.165) is 29.3 Å². The standard InChI is InChI=1S/C14H21N3OS/c1-10-9-19-7-6-17(10)14(18)16-13-5-3-4-12(8-13)11(2)15/h3-5,8,10-11H,6-7,9,15H2,1-2H3,(H,16,18). The first-order valence-corrected chi connectivity index (χ1v) is 7.74. The molecule has 0 saturated carbocycles. The maximum Gasteiger partial charge on any atom is 0.322 e. The second-order valence-electron chi connectivity index (χ2n) is 4.96. The fourth-order valence-electron chi connectivity index (χ4n) is 2.12. The summed E-state index contributed by atoms with van der Waals surface area (Å²) in [5.74, 6) is 2.02. The summed E-state index contributed by atoms with van der Waals surface area (Å²) in [4.78, 5) is 14.1. The van der Waals surface area contributed by atoms with Crippen molar-refractivity contribution >= 4 is 23.5 Å². The Morgan fingerprint density at radius 2 is 2.37 bits per heavy atom. The molecule has 1 aromatic rings. The van der Waals surface area contributed by atoms with Gasteiger partial charge in [-0.15, -0.1) is 0 Å². The van der Waals surface area contributed by atoms with E-state index in [1.807, 2.05) is 47.9 Å². The van der Waals surface area contributed by atoms with Crippen molar-refractivity contribution in [3.8, 4) is 0 Å². The molecule has 2 amide bonds. The van der Waals surface area contributed by atoms with Gasteiger partial charge in [0, 0.05) is 35.8 Å². The largest absolute Gasteiger partial charge is 0.324 e. The van der Waals surface area contributed by atoms with Gasteiger partial charge in [-0.3, -0.25) is 0 Å². The minimum absolute atomic E-state index is 0.0189. The molecule has 1 heterocycles. The number of anilines is 1. The van der Waals surface area contributed by atoms with Crippen molar-refractivity contribution < 1.29 is 4.79 Å². The van der Waals surface area contributed by atoms with Gasteiger partial charge in [0.25, 0.3) is 0 Å². The molecule has 0 spiro atoms. The fourth-order valence-corrected chi connectivity index (χ4v) is 3.14. The van der Waals surface area contributed by atoms with Crippen molar-refractivity contribution in [2.45, 2.75) is 25.9 Å². The Bertz CT molecular complexity index is 450. The number of hydrogen-bond donors (Lipinski definition) is 2. The lowest BCUT2D eigenvalue weighted by atomic mass is 10.1. The van der Waals surface area contributed by atoms with Crippen molar-refractivity contribution in [2.75, 3.05) is 23.4 Å². The molecule has 4 nitrogen and oxygen atoms in total. The van der Waals surface area contributed by atoms with E-state index in [-0.39, 0.29) is 18.1 Å². The minimum atomic E-state index is -0.0258. The van der Waals surface area contributed by atoms with Crippen molar-refractivity contribution in [3.05, 3.63) is 29.8 Å². The molecule has 104 valence electrons. The van der Waals surface area contributed by atoms with Gasteiger partial charge in [0.1, 0.15) is 0 Å². The highest BCUT2D eigenvalue weighted by Crippen LogP contribution is 2.19. The van der Waals surface area contributed by atoms with Crippen LogP contribution in [0, 0.1) is 0 Å². The van der Waals surface area contributed by atoms with Crippen LogP contribution in [0.3, 0.4) is 0 Å². The second kappa shape index (κ2) is 6.30. The van der Waals surface area contributed by atoms with Gasteiger partial charge in [0.2, 0.25) is 0 Å². The summed E-state index contributed by atoms with van der Waals surface area (Å²) >= 11 is 1.90. The Morgan fingerprint density at radius 3 is 3.05 bits per heavy atom. The monoisotopic (exact) mass is 279 g/mol. The summed E-state index contributed by atoms with van der Waals surface area (Å²) < 4.78 is 0. The van der Waals surface area contributed by atoms with Crippen LogP contribution in [0.4, 0.5) is 10.5 Å². The Labute approximate surface area is 118 Å². The van der Waals surface area contributed by atoms with Crippen LogP contribution in [0.2, 0.25) is 0 Å². The predicted molar refractivity (Wildman–Crippen MR) is 81.6 cm³/mol. The second-order valence-corrected chi connectivity index (χ2v) is 6.11. The van der Waals surface area contributed by atoms with E-state index in [9.17, 15) is 4.79 Å². The molecule has 1 saturated heterocycles. The Morgan fingerprint density at radius 1 is 1.58 bits per heavy atom. The van der Waals surface area contributed by atoms with Gasteiger partial charge in [-0.1, -0.05) is 12.1 Å². The van der Waals surface area contributed by atoms with Gasteiger partial charge in [-0.2, -0.15) is 11.8 Å². The van der Waals surface area contributed by atoms with Crippen molar-refractivity contribution in [2.24, 2.45) is 5.73 Å². The van der Waals surface area contributed by atoms with Gasteiger partial charge >= 0.3 is 6.03 Å². The van der Waals surface area contributed by atoms with E-state index in [0.29, 0.717) is 0 Å². The lowest BCUT2D eigenvalue weighted by molar-refractivity contribution is 0.200. The van der Waals surface area contributed by atoms with E-state index < -0.39 is 0 Å². The molecule has 1 aromatic carbocycles. The van der Waals surface area contributed by atoms with Crippen molar-refractivity contribution in [1.82, 2.24) is 4.90 Å². The molecule has 1 aliphatic rings. The molecule has 1 fully saturated rings. The quantitative estimate of drug-likeness (QED) is 0.875. The summed E-state index contributed by atoms with van der Waals surface area (Å²) in [5, 5.41) is 2.96. The maximum atomic E-state index is 12.2. The Kier molecular flexibility index (Phi) is 4.71. The highest BCUT2D eigenvalue weighted by molar-refractivity contribution is 7.99. The predicted octanol–water partition coefficient (Wildman–Crippen LogP) is 2.68. The molecule has 2 atom stereocenters. The molecule has 1 aliphatic heterocycles. The highest BCUT2D eigenvalue weighted by atomic mass is 32.2. The molecular formula is C14H21N3OS. The van der Waals surface area contributed by atoms with Crippen LogP contribution < -0.4 is 11.1 Å². The highest BCUT2D eigenvalue weighted by Gasteiger charge is 2.23. The van der Waals surface area contributed by atoms with Gasteiger partial charge in [0.15, 0.2) is 0 Å². The van der Waals surface area contributed by atoms with Crippen LogP contribution >= 0.6 is 11.8 Å². The molecule has 3 N–H and O–H groups in total. The van der Waals surface area contributed by atoms with Crippen LogP contribution in [0.15, 0.2) is 24.3 Å². The average Bonchev–Trinajstić information content (AvgIpc) is 2.39. The van der Waals surface area contributed by atoms with Crippen LogP contribution in [-0.4, -0.2) is 35.0 Å². The molecule has 0 aliphatic carbocycles. The average molecular weight is 279 g/mol. The maximum absolute atomic E-state index is 12.2. The molecule has 0 bridgehead atoms. The third kappa shape index (κ3) is 3.64. The summed E-state index contributed by atoms with van der Waals surface area (Å²) in [6.45, 7) is 4.83. The van der Waals surface area contributed by atoms with E-state index >= 15 is 0 Å². The summed E-state index contributed by atoms with van der Waals surface area (Å²) in [6, 6.07) is 7.97. The van der Waals surface area contributed by atoms with E-state index in [2.05, 4.69) is 12.2 Å². The third-order valence-corrected chi connectivity index (χ3v) is 4.48. The zero-order chi connectivity index (χ0) is 13.8. The molecule has 2 unspecified atom stereocenters. The number of carbonyl (C=O) groups excluding carboxylic acids is 1. The zero-order valence-corrected chi connectivity index (χ0v) is 12.2. The van der Waals surface area contributed by atoms with Crippen molar-refractivity contribution in [3.63, 3.8) is 0 Å². The number of nitrogens with zero attached hydrogens (tertiary/aromatic N) is 1. The summed E-state index contributed by atoms with van der Waals surface area (Å²) in [5.41, 5.74) is 7.69. The molecule has 5 heteroatoms. The van der Waals surface area contributed by atoms with Gasteiger partial charge in [-0.05, 0) is 31.5 Å². The number of carbonyl (C=O) groups is 1. The normalized spacial score (nSPS) is 21.0. The number of nitrogens with two attached hydrogens (primary N) is 1. The van der Waals surface area contributed by atoms with E-state index in [1.165, 1.54) is 0 Å². The molecule has 0 aromatic heterocycles. The Balaban J connectivity index is 2.03.